The molecule has 0 N–H and O–H groups in total. The van der Waals surface area contributed by atoms with Gasteiger partial charge in [-0.2, -0.15) is 0 Å². The number of aromatic nitrogens is 1. The van der Waals surface area contributed by atoms with Crippen LogP contribution in [0.15, 0.2) is 77.6 Å². The van der Waals surface area contributed by atoms with Crippen LogP contribution in [0.25, 0.3) is 27.7 Å². The summed E-state index contributed by atoms with van der Waals surface area (Å²) in [6, 6.07) is 20.6. The summed E-state index contributed by atoms with van der Waals surface area (Å²) in [6.07, 6.45) is 0. The Bertz CT molecular complexity index is 1200. The maximum absolute atomic E-state index is 13.5. The van der Waals surface area contributed by atoms with Gasteiger partial charge in [-0.05, 0) is 59.5 Å². The van der Waals surface area contributed by atoms with Gasteiger partial charge in [0.1, 0.15) is 5.82 Å². The molecule has 3 aromatic carbocycles. The average molecular weight is 375 g/mol. The summed E-state index contributed by atoms with van der Waals surface area (Å²) in [4.78, 5) is 13.1. The number of rotatable bonds is 4. The number of hydrogen-bond acceptors (Lipinski definition) is 3. The fourth-order valence-electron chi connectivity index (χ4n) is 3.37. The van der Waals surface area contributed by atoms with Gasteiger partial charge in [0, 0.05) is 17.1 Å². The first-order chi connectivity index (χ1) is 13.6. The standard InChI is InChI=1S/C23H18FNO3/c1-27-20-12-16-13-22(26)25(18-6-4-3-5-7-18)23(19(16)14-21(20)28-2)15-8-10-17(24)11-9-15/h3-14H,1-2H3. The molecule has 0 radical (unpaired) electrons. The fourth-order valence-corrected chi connectivity index (χ4v) is 3.37. The van der Waals surface area contributed by atoms with Crippen molar-refractivity contribution in [3.8, 4) is 28.4 Å². The van der Waals surface area contributed by atoms with E-state index in [0.29, 0.717) is 22.6 Å². The molecular formula is C23H18FNO3. The molecule has 4 rings (SSSR count). The molecule has 0 aliphatic heterocycles. The van der Waals surface area contributed by atoms with E-state index in [9.17, 15) is 9.18 Å². The number of para-hydroxylation sites is 1. The van der Waals surface area contributed by atoms with Crippen molar-refractivity contribution >= 4 is 10.8 Å². The van der Waals surface area contributed by atoms with Crippen LogP contribution >= 0.6 is 0 Å². The van der Waals surface area contributed by atoms with E-state index < -0.39 is 0 Å². The molecule has 4 nitrogen and oxygen atoms in total. The van der Waals surface area contributed by atoms with Crippen LogP contribution in [-0.4, -0.2) is 18.8 Å². The van der Waals surface area contributed by atoms with Gasteiger partial charge in [0.25, 0.3) is 5.56 Å². The Morgan fingerprint density at radius 1 is 0.821 bits per heavy atom. The van der Waals surface area contributed by atoms with Crippen molar-refractivity contribution in [2.24, 2.45) is 0 Å². The zero-order valence-corrected chi connectivity index (χ0v) is 15.5. The number of halogens is 1. The third-order valence-corrected chi connectivity index (χ3v) is 4.67. The number of fused-ring (bicyclic) bond motifs is 1. The Balaban J connectivity index is 2.16. The molecule has 0 aliphatic rings. The van der Waals surface area contributed by atoms with Gasteiger partial charge in [0.2, 0.25) is 0 Å². The highest BCUT2D eigenvalue weighted by molar-refractivity contribution is 5.97. The van der Waals surface area contributed by atoms with Gasteiger partial charge in [0.15, 0.2) is 11.5 Å². The summed E-state index contributed by atoms with van der Waals surface area (Å²) in [5.74, 6) is 0.755. The molecule has 5 heteroatoms. The normalized spacial score (nSPS) is 10.8. The summed E-state index contributed by atoms with van der Waals surface area (Å²) >= 11 is 0. The van der Waals surface area contributed by atoms with Gasteiger partial charge in [-0.25, -0.2) is 4.39 Å². The molecule has 4 aromatic rings. The van der Waals surface area contributed by atoms with Crippen molar-refractivity contribution in [3.05, 3.63) is 89.0 Å². The van der Waals surface area contributed by atoms with E-state index in [-0.39, 0.29) is 11.4 Å². The quantitative estimate of drug-likeness (QED) is 0.514. The largest absolute Gasteiger partial charge is 0.493 e. The minimum atomic E-state index is -0.336. The molecule has 0 atom stereocenters. The highest BCUT2D eigenvalue weighted by Gasteiger charge is 2.17. The zero-order chi connectivity index (χ0) is 19.7. The van der Waals surface area contributed by atoms with Crippen molar-refractivity contribution in [1.29, 1.82) is 0 Å². The lowest BCUT2D eigenvalue weighted by Crippen LogP contribution is -2.19. The SMILES string of the molecule is COc1cc2cc(=O)n(-c3ccccc3)c(-c3ccc(F)cc3)c2cc1OC. The molecule has 1 heterocycles. The molecule has 1 aromatic heterocycles. The number of pyridine rings is 1. The van der Waals surface area contributed by atoms with Crippen molar-refractivity contribution in [3.63, 3.8) is 0 Å². The molecule has 0 saturated carbocycles. The molecule has 0 saturated heterocycles. The van der Waals surface area contributed by atoms with E-state index >= 15 is 0 Å². The molecule has 0 bridgehead atoms. The molecule has 0 spiro atoms. The lowest BCUT2D eigenvalue weighted by atomic mass is 10.0. The highest BCUT2D eigenvalue weighted by atomic mass is 19.1. The van der Waals surface area contributed by atoms with Crippen molar-refractivity contribution in [1.82, 2.24) is 4.57 Å². The van der Waals surface area contributed by atoms with Crippen LogP contribution < -0.4 is 15.0 Å². The van der Waals surface area contributed by atoms with E-state index in [2.05, 4.69) is 0 Å². The van der Waals surface area contributed by atoms with Crippen LogP contribution in [0, 0.1) is 5.82 Å². The topological polar surface area (TPSA) is 40.5 Å². The molecule has 0 aliphatic carbocycles. The lowest BCUT2D eigenvalue weighted by molar-refractivity contribution is 0.356. The number of ether oxygens (including phenoxy) is 2. The van der Waals surface area contributed by atoms with Gasteiger partial charge < -0.3 is 9.47 Å². The van der Waals surface area contributed by atoms with E-state index in [1.54, 1.807) is 43.1 Å². The van der Waals surface area contributed by atoms with Gasteiger partial charge in [-0.15, -0.1) is 0 Å². The third kappa shape index (κ3) is 3.01. The smallest absolute Gasteiger partial charge is 0.256 e. The minimum Gasteiger partial charge on any atom is -0.493 e. The van der Waals surface area contributed by atoms with E-state index in [1.165, 1.54) is 12.1 Å². The summed E-state index contributed by atoms with van der Waals surface area (Å²) in [6.45, 7) is 0. The predicted molar refractivity (Wildman–Crippen MR) is 108 cm³/mol. The first kappa shape index (κ1) is 17.8. The summed E-state index contributed by atoms with van der Waals surface area (Å²) in [7, 11) is 3.12. The molecule has 0 amide bonds. The van der Waals surface area contributed by atoms with Crippen molar-refractivity contribution in [2.45, 2.75) is 0 Å². The summed E-state index contributed by atoms with van der Waals surface area (Å²) in [5.41, 5.74) is 1.92. The molecular weight excluding hydrogens is 357 g/mol. The second kappa shape index (κ2) is 7.19. The van der Waals surface area contributed by atoms with E-state index in [0.717, 1.165) is 16.6 Å². The van der Waals surface area contributed by atoms with E-state index in [1.807, 2.05) is 36.4 Å². The fraction of sp³-hybridized carbons (Fsp3) is 0.0870. The monoisotopic (exact) mass is 375 g/mol. The van der Waals surface area contributed by atoms with Gasteiger partial charge >= 0.3 is 0 Å². The Morgan fingerprint density at radius 3 is 2.11 bits per heavy atom. The lowest BCUT2D eigenvalue weighted by Gasteiger charge is -2.18. The second-order valence-electron chi connectivity index (χ2n) is 6.30. The predicted octanol–water partition coefficient (Wildman–Crippen LogP) is 4.81. The maximum atomic E-state index is 13.5. The van der Waals surface area contributed by atoms with Crippen LogP contribution in [0.1, 0.15) is 0 Å². The Kier molecular flexibility index (Phi) is 4.57. The first-order valence-corrected chi connectivity index (χ1v) is 8.75. The maximum Gasteiger partial charge on any atom is 0.256 e. The van der Waals surface area contributed by atoms with Crippen molar-refractivity contribution < 1.29 is 13.9 Å². The number of benzene rings is 3. The average Bonchev–Trinajstić information content (AvgIpc) is 2.73. The zero-order valence-electron chi connectivity index (χ0n) is 15.5. The van der Waals surface area contributed by atoms with Gasteiger partial charge in [-0.1, -0.05) is 18.2 Å². The van der Waals surface area contributed by atoms with Crippen LogP contribution in [0.5, 0.6) is 11.5 Å². The van der Waals surface area contributed by atoms with Crippen LogP contribution in [0.2, 0.25) is 0 Å². The number of methoxy groups -OCH3 is 2. The highest BCUT2D eigenvalue weighted by Crippen LogP contribution is 2.37. The third-order valence-electron chi connectivity index (χ3n) is 4.67. The Hall–Kier alpha value is -3.60. The molecule has 140 valence electrons. The molecule has 0 unspecified atom stereocenters. The summed E-state index contributed by atoms with van der Waals surface area (Å²) < 4.78 is 26.0. The van der Waals surface area contributed by atoms with Gasteiger partial charge in [-0.3, -0.25) is 9.36 Å². The number of nitrogens with zero attached hydrogens (tertiary/aromatic N) is 1. The van der Waals surface area contributed by atoms with E-state index in [4.69, 9.17) is 9.47 Å². The Labute approximate surface area is 161 Å². The molecule has 28 heavy (non-hydrogen) atoms. The minimum absolute atomic E-state index is 0.190. The second-order valence-corrected chi connectivity index (χ2v) is 6.30. The van der Waals surface area contributed by atoms with Crippen LogP contribution in [-0.2, 0) is 0 Å². The Morgan fingerprint density at radius 2 is 1.46 bits per heavy atom. The van der Waals surface area contributed by atoms with Gasteiger partial charge in [0.05, 0.1) is 19.9 Å². The van der Waals surface area contributed by atoms with Crippen molar-refractivity contribution in [2.75, 3.05) is 14.2 Å². The molecule has 0 fully saturated rings. The van der Waals surface area contributed by atoms with Crippen LogP contribution in [0.3, 0.4) is 0 Å². The number of hydrogen-bond donors (Lipinski definition) is 0. The summed E-state index contributed by atoms with van der Waals surface area (Å²) in [5, 5.41) is 1.52. The first-order valence-electron chi connectivity index (χ1n) is 8.75. The van der Waals surface area contributed by atoms with Crippen LogP contribution in [0.4, 0.5) is 4.39 Å².